The van der Waals surface area contributed by atoms with Gasteiger partial charge in [-0.3, -0.25) is 0 Å². The summed E-state index contributed by atoms with van der Waals surface area (Å²) in [5.41, 5.74) is 0.459. The van der Waals surface area contributed by atoms with Crippen LogP contribution in [-0.4, -0.2) is 25.8 Å². The standard InChI is InChI=1S/C13H27NO/c1-5-12(11(2)3)14-10-13(4)6-8-15-9-7-13/h11-12,14H,5-10H2,1-4H3. The van der Waals surface area contributed by atoms with Crippen molar-refractivity contribution in [1.82, 2.24) is 5.32 Å². The minimum Gasteiger partial charge on any atom is -0.381 e. The Balaban J connectivity index is 2.33. The molecule has 1 atom stereocenters. The Labute approximate surface area is 94.8 Å². The molecule has 0 aromatic rings. The lowest BCUT2D eigenvalue weighted by atomic mass is 9.82. The average molecular weight is 213 g/mol. The zero-order valence-corrected chi connectivity index (χ0v) is 10.8. The molecular weight excluding hydrogens is 186 g/mol. The molecule has 0 aromatic heterocycles. The highest BCUT2D eigenvalue weighted by molar-refractivity contribution is 4.82. The van der Waals surface area contributed by atoms with E-state index >= 15 is 0 Å². The summed E-state index contributed by atoms with van der Waals surface area (Å²) in [5, 5.41) is 3.72. The molecule has 0 spiro atoms. The summed E-state index contributed by atoms with van der Waals surface area (Å²) in [6, 6.07) is 0.671. The first-order chi connectivity index (χ1) is 7.07. The molecule has 1 unspecified atom stereocenters. The first-order valence-electron chi connectivity index (χ1n) is 6.38. The SMILES string of the molecule is CCC(NCC1(C)CCOCC1)C(C)C. The van der Waals surface area contributed by atoms with Gasteiger partial charge in [-0.15, -0.1) is 0 Å². The first kappa shape index (κ1) is 13.0. The first-order valence-corrected chi connectivity index (χ1v) is 6.38. The third-order valence-corrected chi connectivity index (χ3v) is 3.74. The van der Waals surface area contributed by atoms with Gasteiger partial charge >= 0.3 is 0 Å². The van der Waals surface area contributed by atoms with E-state index in [9.17, 15) is 0 Å². The Morgan fingerprint density at radius 1 is 1.27 bits per heavy atom. The molecule has 1 aliphatic rings. The minimum absolute atomic E-state index is 0.459. The van der Waals surface area contributed by atoms with E-state index in [0.29, 0.717) is 11.5 Å². The second-order valence-corrected chi connectivity index (χ2v) is 5.56. The second-order valence-electron chi connectivity index (χ2n) is 5.56. The minimum atomic E-state index is 0.459. The van der Waals surface area contributed by atoms with E-state index in [1.54, 1.807) is 0 Å². The molecule has 15 heavy (non-hydrogen) atoms. The lowest BCUT2D eigenvalue weighted by molar-refractivity contribution is 0.0221. The van der Waals surface area contributed by atoms with Crippen molar-refractivity contribution in [3.8, 4) is 0 Å². The monoisotopic (exact) mass is 213 g/mol. The summed E-state index contributed by atoms with van der Waals surface area (Å²) in [6.45, 7) is 12.3. The molecular formula is C13H27NO. The quantitative estimate of drug-likeness (QED) is 0.758. The van der Waals surface area contributed by atoms with Gasteiger partial charge in [0.05, 0.1) is 0 Å². The van der Waals surface area contributed by atoms with Crippen LogP contribution in [0.2, 0.25) is 0 Å². The molecule has 1 heterocycles. The van der Waals surface area contributed by atoms with Crippen LogP contribution in [-0.2, 0) is 4.74 Å². The Morgan fingerprint density at radius 3 is 2.33 bits per heavy atom. The van der Waals surface area contributed by atoms with E-state index in [-0.39, 0.29) is 0 Å². The molecule has 90 valence electrons. The fourth-order valence-electron chi connectivity index (χ4n) is 2.27. The van der Waals surface area contributed by atoms with Crippen LogP contribution in [0.25, 0.3) is 0 Å². The number of ether oxygens (including phenoxy) is 1. The van der Waals surface area contributed by atoms with E-state index < -0.39 is 0 Å². The van der Waals surface area contributed by atoms with Crippen molar-refractivity contribution < 1.29 is 4.74 Å². The zero-order chi connectivity index (χ0) is 11.3. The molecule has 1 fully saturated rings. The van der Waals surface area contributed by atoms with Gasteiger partial charge in [-0.25, -0.2) is 0 Å². The highest BCUT2D eigenvalue weighted by Crippen LogP contribution is 2.29. The molecule has 0 radical (unpaired) electrons. The fraction of sp³-hybridized carbons (Fsp3) is 1.00. The molecule has 0 amide bonds. The Hall–Kier alpha value is -0.0800. The van der Waals surface area contributed by atoms with Gasteiger partial charge in [0.15, 0.2) is 0 Å². The molecule has 1 aliphatic heterocycles. The van der Waals surface area contributed by atoms with Gasteiger partial charge in [-0.2, -0.15) is 0 Å². The van der Waals surface area contributed by atoms with Gasteiger partial charge in [0.25, 0.3) is 0 Å². The number of hydrogen-bond acceptors (Lipinski definition) is 2. The van der Waals surface area contributed by atoms with E-state index in [2.05, 4.69) is 33.0 Å². The van der Waals surface area contributed by atoms with Crippen LogP contribution in [0.3, 0.4) is 0 Å². The summed E-state index contributed by atoms with van der Waals surface area (Å²) in [5.74, 6) is 0.735. The van der Waals surface area contributed by atoms with Crippen molar-refractivity contribution in [2.75, 3.05) is 19.8 Å². The van der Waals surface area contributed by atoms with E-state index in [1.165, 1.54) is 19.3 Å². The van der Waals surface area contributed by atoms with Gasteiger partial charge in [0.2, 0.25) is 0 Å². The van der Waals surface area contributed by atoms with Crippen LogP contribution >= 0.6 is 0 Å². The largest absolute Gasteiger partial charge is 0.381 e. The lowest BCUT2D eigenvalue weighted by Gasteiger charge is -2.35. The average Bonchev–Trinajstić information content (AvgIpc) is 2.19. The lowest BCUT2D eigenvalue weighted by Crippen LogP contribution is -2.43. The van der Waals surface area contributed by atoms with Crippen molar-refractivity contribution in [2.45, 2.75) is 53.0 Å². The summed E-state index contributed by atoms with van der Waals surface area (Å²) in [7, 11) is 0. The molecule has 2 nitrogen and oxygen atoms in total. The number of rotatable bonds is 5. The Kier molecular flexibility index (Phi) is 5.07. The van der Waals surface area contributed by atoms with Crippen LogP contribution in [0.4, 0.5) is 0 Å². The third-order valence-electron chi connectivity index (χ3n) is 3.74. The van der Waals surface area contributed by atoms with Crippen molar-refractivity contribution in [3.63, 3.8) is 0 Å². The van der Waals surface area contributed by atoms with Crippen molar-refractivity contribution >= 4 is 0 Å². The maximum atomic E-state index is 5.42. The summed E-state index contributed by atoms with van der Waals surface area (Å²) in [4.78, 5) is 0. The van der Waals surface area contributed by atoms with E-state index in [0.717, 1.165) is 25.7 Å². The molecule has 0 saturated carbocycles. The maximum absolute atomic E-state index is 5.42. The van der Waals surface area contributed by atoms with Gasteiger partial charge < -0.3 is 10.1 Å². The molecule has 1 rings (SSSR count). The van der Waals surface area contributed by atoms with Crippen LogP contribution in [0, 0.1) is 11.3 Å². The van der Waals surface area contributed by atoms with Crippen LogP contribution < -0.4 is 5.32 Å². The number of hydrogen-bond donors (Lipinski definition) is 1. The number of nitrogens with one attached hydrogen (secondary N) is 1. The van der Waals surface area contributed by atoms with E-state index in [1.807, 2.05) is 0 Å². The van der Waals surface area contributed by atoms with Crippen molar-refractivity contribution in [3.05, 3.63) is 0 Å². The third kappa shape index (κ3) is 4.12. The van der Waals surface area contributed by atoms with Gasteiger partial charge in [0.1, 0.15) is 0 Å². The summed E-state index contributed by atoms with van der Waals surface area (Å²) < 4.78 is 5.42. The van der Waals surface area contributed by atoms with Crippen molar-refractivity contribution in [2.24, 2.45) is 11.3 Å². The normalized spacial score (nSPS) is 23.0. The van der Waals surface area contributed by atoms with Gasteiger partial charge in [-0.05, 0) is 30.6 Å². The van der Waals surface area contributed by atoms with Crippen LogP contribution in [0.15, 0.2) is 0 Å². The van der Waals surface area contributed by atoms with Crippen LogP contribution in [0.1, 0.15) is 47.0 Å². The molecule has 0 aromatic carbocycles. The predicted octanol–water partition coefficient (Wildman–Crippen LogP) is 2.83. The van der Waals surface area contributed by atoms with Crippen LogP contribution in [0.5, 0.6) is 0 Å². The smallest absolute Gasteiger partial charge is 0.0471 e. The topological polar surface area (TPSA) is 21.3 Å². The summed E-state index contributed by atoms with van der Waals surface area (Å²) >= 11 is 0. The highest BCUT2D eigenvalue weighted by Gasteiger charge is 2.27. The molecule has 2 heteroatoms. The molecule has 0 bridgehead atoms. The maximum Gasteiger partial charge on any atom is 0.0471 e. The fourth-order valence-corrected chi connectivity index (χ4v) is 2.27. The predicted molar refractivity (Wildman–Crippen MR) is 65.1 cm³/mol. The van der Waals surface area contributed by atoms with E-state index in [4.69, 9.17) is 4.74 Å². The van der Waals surface area contributed by atoms with Gasteiger partial charge in [-0.1, -0.05) is 27.7 Å². The zero-order valence-electron chi connectivity index (χ0n) is 10.8. The second kappa shape index (κ2) is 5.86. The Bertz CT molecular complexity index is 173. The summed E-state index contributed by atoms with van der Waals surface area (Å²) in [6.07, 6.45) is 3.63. The van der Waals surface area contributed by atoms with Gasteiger partial charge in [0, 0.05) is 25.8 Å². The molecule has 0 aliphatic carbocycles. The molecule has 1 N–H and O–H groups in total. The van der Waals surface area contributed by atoms with Crippen molar-refractivity contribution in [1.29, 1.82) is 0 Å². The molecule has 1 saturated heterocycles. The highest BCUT2D eigenvalue weighted by atomic mass is 16.5. The Morgan fingerprint density at radius 2 is 1.87 bits per heavy atom.